The summed E-state index contributed by atoms with van der Waals surface area (Å²) in [5.41, 5.74) is 2.57. The summed E-state index contributed by atoms with van der Waals surface area (Å²) in [4.78, 5) is 9.28. The predicted octanol–water partition coefficient (Wildman–Crippen LogP) is 3.30. The van der Waals surface area contributed by atoms with Gasteiger partial charge >= 0.3 is 0 Å². The Labute approximate surface area is 155 Å². The van der Waals surface area contributed by atoms with Crippen molar-refractivity contribution in [3.63, 3.8) is 0 Å². The molecule has 0 aliphatic carbocycles. The van der Waals surface area contributed by atoms with Gasteiger partial charge in [0.05, 0.1) is 0 Å². The van der Waals surface area contributed by atoms with Crippen LogP contribution < -0.4 is 9.47 Å². The van der Waals surface area contributed by atoms with Gasteiger partial charge in [-0.15, -0.1) is 0 Å². The molecular weight excluding hydrogens is 326 g/mol. The van der Waals surface area contributed by atoms with E-state index in [0.717, 1.165) is 44.2 Å². The van der Waals surface area contributed by atoms with Crippen LogP contribution in [0.4, 0.5) is 0 Å². The van der Waals surface area contributed by atoms with Crippen LogP contribution in [0.25, 0.3) is 0 Å². The summed E-state index contributed by atoms with van der Waals surface area (Å²) in [6, 6.07) is 11.0. The predicted molar refractivity (Wildman–Crippen MR) is 101 cm³/mol. The minimum Gasteiger partial charge on any atom is -0.454 e. The molecule has 0 radical (unpaired) electrons. The maximum Gasteiger partial charge on any atom is 0.231 e. The van der Waals surface area contributed by atoms with Gasteiger partial charge in [0.2, 0.25) is 6.79 Å². The van der Waals surface area contributed by atoms with Gasteiger partial charge < -0.3 is 9.47 Å². The molecule has 1 fully saturated rings. The summed E-state index contributed by atoms with van der Waals surface area (Å²) in [5, 5.41) is 0. The van der Waals surface area contributed by atoms with Crippen molar-refractivity contribution in [2.45, 2.75) is 38.9 Å². The Balaban J connectivity index is 1.41. The SMILES string of the molecule is CCN(Cc1ccncc1)C1CCCN(Cc2cccc3c2OCO3)C1. The number of fused-ring (bicyclic) bond motifs is 1. The summed E-state index contributed by atoms with van der Waals surface area (Å²) in [6.07, 6.45) is 6.27. The van der Waals surface area contributed by atoms with Crippen LogP contribution in [0.3, 0.4) is 0 Å². The molecule has 1 aromatic heterocycles. The van der Waals surface area contributed by atoms with E-state index in [-0.39, 0.29) is 0 Å². The number of ether oxygens (including phenoxy) is 2. The molecule has 0 bridgehead atoms. The fraction of sp³-hybridized carbons (Fsp3) is 0.476. The van der Waals surface area contributed by atoms with Gasteiger partial charge in [-0.25, -0.2) is 0 Å². The lowest BCUT2D eigenvalue weighted by Crippen LogP contribution is -2.47. The number of hydrogen-bond donors (Lipinski definition) is 0. The molecule has 0 amide bonds. The van der Waals surface area contributed by atoms with Crippen molar-refractivity contribution in [1.82, 2.24) is 14.8 Å². The van der Waals surface area contributed by atoms with Gasteiger partial charge in [0.25, 0.3) is 0 Å². The second-order valence-corrected chi connectivity index (χ2v) is 7.10. The van der Waals surface area contributed by atoms with Crippen molar-refractivity contribution in [1.29, 1.82) is 0 Å². The van der Waals surface area contributed by atoms with E-state index in [0.29, 0.717) is 12.8 Å². The number of piperidine rings is 1. The molecule has 138 valence electrons. The quantitative estimate of drug-likeness (QED) is 0.797. The van der Waals surface area contributed by atoms with E-state index >= 15 is 0 Å². The number of nitrogens with zero attached hydrogens (tertiary/aromatic N) is 3. The minimum atomic E-state index is 0.338. The topological polar surface area (TPSA) is 37.8 Å². The zero-order chi connectivity index (χ0) is 17.8. The van der Waals surface area contributed by atoms with Crippen LogP contribution in [0.15, 0.2) is 42.7 Å². The van der Waals surface area contributed by atoms with Crippen molar-refractivity contribution in [2.75, 3.05) is 26.4 Å². The maximum absolute atomic E-state index is 5.68. The van der Waals surface area contributed by atoms with E-state index in [2.05, 4.69) is 46.0 Å². The van der Waals surface area contributed by atoms with Gasteiger partial charge in [-0.05, 0) is 49.7 Å². The Hall–Kier alpha value is -2.11. The van der Waals surface area contributed by atoms with Crippen LogP contribution in [0.5, 0.6) is 11.5 Å². The molecule has 1 aromatic carbocycles. The molecular formula is C21H27N3O2. The van der Waals surface area contributed by atoms with Gasteiger partial charge in [-0.3, -0.25) is 14.8 Å². The van der Waals surface area contributed by atoms with E-state index < -0.39 is 0 Å². The maximum atomic E-state index is 5.68. The third kappa shape index (κ3) is 3.84. The van der Waals surface area contributed by atoms with Crippen molar-refractivity contribution >= 4 is 0 Å². The molecule has 4 rings (SSSR count). The van der Waals surface area contributed by atoms with E-state index in [4.69, 9.17) is 9.47 Å². The van der Waals surface area contributed by atoms with Crippen LogP contribution in [0.1, 0.15) is 30.9 Å². The molecule has 0 saturated carbocycles. The van der Waals surface area contributed by atoms with Gasteiger partial charge in [0.15, 0.2) is 11.5 Å². The number of rotatable bonds is 6. The first-order valence-corrected chi connectivity index (χ1v) is 9.56. The van der Waals surface area contributed by atoms with Crippen LogP contribution in [0, 0.1) is 0 Å². The van der Waals surface area contributed by atoms with E-state index in [1.54, 1.807) is 0 Å². The van der Waals surface area contributed by atoms with Crippen molar-refractivity contribution in [3.05, 3.63) is 53.9 Å². The molecule has 2 aliphatic heterocycles. The zero-order valence-electron chi connectivity index (χ0n) is 15.4. The van der Waals surface area contributed by atoms with E-state index in [9.17, 15) is 0 Å². The molecule has 3 heterocycles. The highest BCUT2D eigenvalue weighted by Gasteiger charge is 2.26. The highest BCUT2D eigenvalue weighted by molar-refractivity contribution is 5.48. The third-order valence-electron chi connectivity index (χ3n) is 5.41. The summed E-state index contributed by atoms with van der Waals surface area (Å²) >= 11 is 0. The first-order valence-electron chi connectivity index (χ1n) is 9.56. The van der Waals surface area contributed by atoms with Gasteiger partial charge in [0.1, 0.15) is 0 Å². The summed E-state index contributed by atoms with van der Waals surface area (Å²) in [7, 11) is 0. The first-order chi connectivity index (χ1) is 12.8. The summed E-state index contributed by atoms with van der Waals surface area (Å²) in [5.74, 6) is 1.81. The number of para-hydroxylation sites is 1. The molecule has 1 saturated heterocycles. The fourth-order valence-electron chi connectivity index (χ4n) is 4.05. The Bertz CT molecular complexity index is 722. The summed E-state index contributed by atoms with van der Waals surface area (Å²) in [6.45, 7) is 7.83. The molecule has 5 nitrogen and oxygen atoms in total. The number of hydrogen-bond acceptors (Lipinski definition) is 5. The molecule has 5 heteroatoms. The van der Waals surface area contributed by atoms with Crippen LogP contribution >= 0.6 is 0 Å². The zero-order valence-corrected chi connectivity index (χ0v) is 15.4. The van der Waals surface area contributed by atoms with Crippen LogP contribution in [-0.4, -0.2) is 47.3 Å². The molecule has 0 N–H and O–H groups in total. The summed E-state index contributed by atoms with van der Waals surface area (Å²) < 4.78 is 11.2. The standard InChI is InChI=1S/C21H27N3O2/c1-2-24(13-17-8-10-22-11-9-17)19-6-4-12-23(15-19)14-18-5-3-7-20-21(18)26-16-25-20/h3,5,7-11,19H,2,4,6,12-16H2,1H3. The number of likely N-dealkylation sites (tertiary alicyclic amines) is 1. The van der Waals surface area contributed by atoms with E-state index in [1.165, 1.54) is 24.0 Å². The highest BCUT2D eigenvalue weighted by Crippen LogP contribution is 2.36. The number of benzene rings is 1. The number of pyridine rings is 1. The van der Waals surface area contributed by atoms with Crippen molar-refractivity contribution in [2.24, 2.45) is 0 Å². The van der Waals surface area contributed by atoms with Gasteiger partial charge in [-0.2, -0.15) is 0 Å². The molecule has 1 unspecified atom stereocenters. The van der Waals surface area contributed by atoms with Crippen molar-refractivity contribution < 1.29 is 9.47 Å². The molecule has 26 heavy (non-hydrogen) atoms. The largest absolute Gasteiger partial charge is 0.454 e. The number of likely N-dealkylation sites (N-methyl/N-ethyl adjacent to an activating group) is 1. The Morgan fingerprint density at radius 3 is 2.92 bits per heavy atom. The second kappa shape index (κ2) is 8.06. The third-order valence-corrected chi connectivity index (χ3v) is 5.41. The lowest BCUT2D eigenvalue weighted by molar-refractivity contribution is 0.0910. The fourth-order valence-corrected chi connectivity index (χ4v) is 4.05. The lowest BCUT2D eigenvalue weighted by Gasteiger charge is -2.39. The average Bonchev–Trinajstić information content (AvgIpc) is 3.17. The highest BCUT2D eigenvalue weighted by atomic mass is 16.7. The Morgan fingerprint density at radius 2 is 2.08 bits per heavy atom. The molecule has 0 spiro atoms. The lowest BCUT2D eigenvalue weighted by atomic mass is 10.0. The van der Waals surface area contributed by atoms with Gasteiger partial charge in [0, 0.05) is 43.6 Å². The Morgan fingerprint density at radius 1 is 1.19 bits per heavy atom. The Kier molecular flexibility index (Phi) is 5.37. The minimum absolute atomic E-state index is 0.338. The van der Waals surface area contributed by atoms with Crippen LogP contribution in [-0.2, 0) is 13.1 Å². The molecule has 1 atom stereocenters. The van der Waals surface area contributed by atoms with Crippen molar-refractivity contribution in [3.8, 4) is 11.5 Å². The van der Waals surface area contributed by atoms with Crippen LogP contribution in [0.2, 0.25) is 0 Å². The normalized spacial score (nSPS) is 19.8. The smallest absolute Gasteiger partial charge is 0.231 e. The number of aromatic nitrogens is 1. The second-order valence-electron chi connectivity index (χ2n) is 7.10. The van der Waals surface area contributed by atoms with Gasteiger partial charge in [-0.1, -0.05) is 19.1 Å². The van der Waals surface area contributed by atoms with E-state index in [1.807, 2.05) is 18.5 Å². The first kappa shape index (κ1) is 17.3. The monoisotopic (exact) mass is 353 g/mol. The average molecular weight is 353 g/mol. The molecule has 2 aliphatic rings. The molecule has 2 aromatic rings.